The van der Waals surface area contributed by atoms with E-state index in [4.69, 9.17) is 0 Å². The number of benzene rings is 2. The molecule has 2 aromatic rings. The summed E-state index contributed by atoms with van der Waals surface area (Å²) in [5.74, 6) is -0.340. The van der Waals surface area contributed by atoms with E-state index in [-0.39, 0.29) is 31.4 Å². The number of nitrogens with zero attached hydrogens (tertiary/aromatic N) is 2. The van der Waals surface area contributed by atoms with E-state index in [0.29, 0.717) is 18.7 Å². The lowest BCUT2D eigenvalue weighted by Gasteiger charge is -2.31. The molecule has 26 heavy (non-hydrogen) atoms. The fourth-order valence-corrected chi connectivity index (χ4v) is 3.74. The minimum absolute atomic E-state index is 0.0268. The van der Waals surface area contributed by atoms with Gasteiger partial charge in [-0.15, -0.1) is 0 Å². The van der Waals surface area contributed by atoms with Gasteiger partial charge >= 0.3 is 0 Å². The van der Waals surface area contributed by atoms with Crippen LogP contribution in [-0.4, -0.2) is 42.2 Å². The molecular weight excluding hydrogens is 399 g/mol. The first-order chi connectivity index (χ1) is 12.6. The van der Waals surface area contributed by atoms with Gasteiger partial charge in [-0.2, -0.15) is 0 Å². The molecule has 1 N–H and O–H groups in total. The number of aliphatic hydroxyl groups excluding tert-OH is 1. The molecule has 0 aromatic heterocycles. The largest absolute Gasteiger partial charge is 0.395 e. The number of aryl methyl sites for hydroxylation is 1. The van der Waals surface area contributed by atoms with Crippen molar-refractivity contribution in [3.8, 4) is 0 Å². The summed E-state index contributed by atoms with van der Waals surface area (Å²) in [6.45, 7) is 1.33. The molecule has 0 saturated heterocycles. The highest BCUT2D eigenvalue weighted by Gasteiger charge is 2.24. The highest BCUT2D eigenvalue weighted by molar-refractivity contribution is 9.10. The number of para-hydroxylation sites is 1. The van der Waals surface area contributed by atoms with E-state index in [9.17, 15) is 14.3 Å². The first kappa shape index (κ1) is 19.0. The molecule has 1 amide bonds. The molecule has 0 saturated carbocycles. The van der Waals surface area contributed by atoms with Gasteiger partial charge in [0.25, 0.3) is 0 Å². The molecule has 138 valence electrons. The topological polar surface area (TPSA) is 43.8 Å². The van der Waals surface area contributed by atoms with Crippen molar-refractivity contribution in [2.75, 3.05) is 31.1 Å². The van der Waals surface area contributed by atoms with Crippen LogP contribution in [0.3, 0.4) is 0 Å². The second-order valence-electron chi connectivity index (χ2n) is 6.45. The first-order valence-corrected chi connectivity index (χ1v) is 9.53. The summed E-state index contributed by atoms with van der Waals surface area (Å²) in [5, 5.41) is 9.35. The van der Waals surface area contributed by atoms with Crippen LogP contribution in [0.4, 0.5) is 10.1 Å². The average molecular weight is 421 g/mol. The number of halogens is 2. The van der Waals surface area contributed by atoms with Crippen molar-refractivity contribution in [3.63, 3.8) is 0 Å². The number of amides is 1. The minimum atomic E-state index is -0.313. The second-order valence-corrected chi connectivity index (χ2v) is 7.36. The maximum atomic E-state index is 14.1. The fraction of sp³-hybridized carbons (Fsp3) is 0.350. The van der Waals surface area contributed by atoms with Crippen molar-refractivity contribution in [1.29, 1.82) is 0 Å². The predicted molar refractivity (Wildman–Crippen MR) is 104 cm³/mol. The number of carbonyl (C=O) groups is 1. The van der Waals surface area contributed by atoms with Gasteiger partial charge in [-0.1, -0.05) is 34.1 Å². The molecular formula is C20H22BrFN2O2. The van der Waals surface area contributed by atoms with E-state index >= 15 is 0 Å². The van der Waals surface area contributed by atoms with E-state index < -0.39 is 0 Å². The maximum Gasteiger partial charge on any atom is 0.241 e. The number of hydrogen-bond donors (Lipinski definition) is 1. The summed E-state index contributed by atoms with van der Waals surface area (Å²) < 4.78 is 14.8. The van der Waals surface area contributed by atoms with Gasteiger partial charge in [-0.05, 0) is 42.7 Å². The molecule has 1 aliphatic rings. The summed E-state index contributed by atoms with van der Waals surface area (Å²) in [6, 6.07) is 12.7. The first-order valence-electron chi connectivity index (χ1n) is 8.74. The molecule has 0 fully saturated rings. The summed E-state index contributed by atoms with van der Waals surface area (Å²) >= 11 is 3.35. The number of rotatable bonds is 6. The van der Waals surface area contributed by atoms with Crippen molar-refractivity contribution in [2.24, 2.45) is 0 Å². The zero-order valence-corrected chi connectivity index (χ0v) is 16.1. The van der Waals surface area contributed by atoms with Crippen molar-refractivity contribution >= 4 is 27.5 Å². The van der Waals surface area contributed by atoms with Gasteiger partial charge < -0.3 is 10.0 Å². The third kappa shape index (κ3) is 4.50. The van der Waals surface area contributed by atoms with Crippen LogP contribution in [-0.2, 0) is 17.8 Å². The van der Waals surface area contributed by atoms with Crippen LogP contribution in [0.15, 0.2) is 46.9 Å². The lowest BCUT2D eigenvalue weighted by atomic mass is 10.0. The number of carbonyl (C=O) groups excluding carboxylic acids is 1. The molecule has 0 unspecified atom stereocenters. The Bertz CT molecular complexity index is 784. The van der Waals surface area contributed by atoms with Crippen LogP contribution < -0.4 is 4.90 Å². The van der Waals surface area contributed by atoms with Gasteiger partial charge in [0.1, 0.15) is 5.82 Å². The van der Waals surface area contributed by atoms with Crippen LogP contribution in [0.1, 0.15) is 17.5 Å². The van der Waals surface area contributed by atoms with Crippen LogP contribution in [0.2, 0.25) is 0 Å². The van der Waals surface area contributed by atoms with Crippen molar-refractivity contribution in [1.82, 2.24) is 4.90 Å². The molecule has 0 aliphatic carbocycles. The second kappa shape index (κ2) is 8.75. The van der Waals surface area contributed by atoms with E-state index in [0.717, 1.165) is 23.0 Å². The van der Waals surface area contributed by atoms with Gasteiger partial charge in [0.15, 0.2) is 0 Å². The van der Waals surface area contributed by atoms with Gasteiger partial charge in [0.05, 0.1) is 13.2 Å². The standard InChI is InChI=1S/C20H22BrFN2O2/c21-17-7-8-18(22)16(12-17)13-23(10-11-25)14-20(26)24-9-3-5-15-4-1-2-6-19(15)24/h1-2,4,6-8,12,25H,3,5,9-11,13-14H2. The molecule has 1 aliphatic heterocycles. The zero-order chi connectivity index (χ0) is 18.5. The smallest absolute Gasteiger partial charge is 0.241 e. The summed E-state index contributed by atoms with van der Waals surface area (Å²) in [5.41, 5.74) is 2.64. The third-order valence-corrected chi connectivity index (χ3v) is 5.08. The fourth-order valence-electron chi connectivity index (χ4n) is 3.33. The molecule has 6 heteroatoms. The number of anilines is 1. The van der Waals surface area contributed by atoms with Gasteiger partial charge in [0, 0.05) is 35.4 Å². The Labute approximate surface area is 161 Å². The number of fused-ring (bicyclic) bond motifs is 1. The number of aliphatic hydroxyl groups is 1. The molecule has 0 atom stereocenters. The van der Waals surface area contributed by atoms with E-state index in [2.05, 4.69) is 22.0 Å². The van der Waals surface area contributed by atoms with Crippen LogP contribution in [0.25, 0.3) is 0 Å². The van der Waals surface area contributed by atoms with Gasteiger partial charge in [-0.25, -0.2) is 4.39 Å². The minimum Gasteiger partial charge on any atom is -0.395 e. The highest BCUT2D eigenvalue weighted by Crippen LogP contribution is 2.27. The lowest BCUT2D eigenvalue weighted by molar-refractivity contribution is -0.120. The van der Waals surface area contributed by atoms with E-state index in [1.54, 1.807) is 21.9 Å². The Kier molecular flexibility index (Phi) is 6.40. The van der Waals surface area contributed by atoms with Gasteiger partial charge in [0.2, 0.25) is 5.91 Å². The van der Waals surface area contributed by atoms with E-state index in [1.807, 2.05) is 18.2 Å². The van der Waals surface area contributed by atoms with Crippen molar-refractivity contribution < 1.29 is 14.3 Å². The van der Waals surface area contributed by atoms with E-state index in [1.165, 1.54) is 11.6 Å². The Morgan fingerprint density at radius 3 is 2.88 bits per heavy atom. The molecule has 4 nitrogen and oxygen atoms in total. The normalized spacial score (nSPS) is 13.8. The number of hydrogen-bond acceptors (Lipinski definition) is 3. The predicted octanol–water partition coefficient (Wildman–Crippen LogP) is 3.36. The molecule has 2 aromatic carbocycles. The summed E-state index contributed by atoms with van der Waals surface area (Å²) in [4.78, 5) is 16.5. The quantitative estimate of drug-likeness (QED) is 0.778. The average Bonchev–Trinajstić information content (AvgIpc) is 2.64. The molecule has 1 heterocycles. The zero-order valence-electron chi connectivity index (χ0n) is 14.5. The Hall–Kier alpha value is -1.76. The SMILES string of the molecule is O=C(CN(CCO)Cc1cc(Br)ccc1F)N1CCCc2ccccc21. The Morgan fingerprint density at radius 2 is 2.08 bits per heavy atom. The van der Waals surface area contributed by atoms with Crippen LogP contribution in [0.5, 0.6) is 0 Å². The molecule has 0 spiro atoms. The summed E-state index contributed by atoms with van der Waals surface area (Å²) in [6.07, 6.45) is 1.91. The van der Waals surface area contributed by atoms with Crippen LogP contribution in [0, 0.1) is 5.82 Å². The van der Waals surface area contributed by atoms with Crippen molar-refractivity contribution in [2.45, 2.75) is 19.4 Å². The maximum absolute atomic E-state index is 14.1. The lowest BCUT2D eigenvalue weighted by Crippen LogP contribution is -2.43. The molecule has 3 rings (SSSR count). The third-order valence-electron chi connectivity index (χ3n) is 4.59. The monoisotopic (exact) mass is 420 g/mol. The van der Waals surface area contributed by atoms with Gasteiger partial charge in [-0.3, -0.25) is 9.69 Å². The molecule has 0 radical (unpaired) electrons. The van der Waals surface area contributed by atoms with Crippen LogP contribution >= 0.6 is 15.9 Å². The highest BCUT2D eigenvalue weighted by atomic mass is 79.9. The Morgan fingerprint density at radius 1 is 1.27 bits per heavy atom. The summed E-state index contributed by atoms with van der Waals surface area (Å²) in [7, 11) is 0. The Balaban J connectivity index is 1.74. The molecule has 0 bridgehead atoms. The van der Waals surface area contributed by atoms with Crippen molar-refractivity contribution in [3.05, 3.63) is 63.9 Å².